The van der Waals surface area contributed by atoms with E-state index in [1.165, 1.54) is 12.2 Å². The maximum atomic E-state index is 12.3. The molecule has 0 aliphatic heterocycles. The Kier molecular flexibility index (Phi) is 9.42. The maximum Gasteiger partial charge on any atom is 0.329 e. The van der Waals surface area contributed by atoms with Crippen LogP contribution in [0.1, 0.15) is 12.0 Å². The average Bonchev–Trinajstić information content (AvgIpc) is 2.64. The molecule has 1 aromatic carbocycles. The number of carbonyl (C=O) groups excluding carboxylic acids is 3. The highest BCUT2D eigenvalue weighted by molar-refractivity contribution is 5.90. The molecule has 3 N–H and O–H groups in total. The van der Waals surface area contributed by atoms with Gasteiger partial charge in [-0.2, -0.15) is 0 Å². The fourth-order valence-corrected chi connectivity index (χ4v) is 2.05. The highest BCUT2D eigenvalue weighted by Crippen LogP contribution is 2.04. The van der Waals surface area contributed by atoms with Crippen molar-refractivity contribution in [1.82, 2.24) is 5.32 Å². The van der Waals surface area contributed by atoms with Gasteiger partial charge in [-0.15, -0.1) is 0 Å². The van der Waals surface area contributed by atoms with Crippen molar-refractivity contribution in [2.45, 2.75) is 24.9 Å². The van der Waals surface area contributed by atoms with Gasteiger partial charge in [-0.25, -0.2) is 4.79 Å². The van der Waals surface area contributed by atoms with Gasteiger partial charge < -0.3 is 20.5 Å². The number of amides is 1. The van der Waals surface area contributed by atoms with Crippen molar-refractivity contribution in [1.29, 1.82) is 0 Å². The lowest BCUT2D eigenvalue weighted by Crippen LogP contribution is -2.50. The topological polar surface area (TPSA) is 108 Å². The summed E-state index contributed by atoms with van der Waals surface area (Å²) in [5, 5.41) is 2.45. The maximum absolute atomic E-state index is 12.3. The van der Waals surface area contributed by atoms with E-state index in [9.17, 15) is 14.4 Å². The molecule has 0 bridgehead atoms. The van der Waals surface area contributed by atoms with E-state index < -0.39 is 29.9 Å². The molecule has 0 saturated carbocycles. The normalized spacial score (nSPS) is 12.3. The van der Waals surface area contributed by atoms with Crippen LogP contribution in [0.15, 0.2) is 55.6 Å². The summed E-state index contributed by atoms with van der Waals surface area (Å²) in [7, 11) is 0. The fourth-order valence-electron chi connectivity index (χ4n) is 2.05. The minimum atomic E-state index is -1.19. The van der Waals surface area contributed by atoms with Crippen LogP contribution in [-0.2, 0) is 30.3 Å². The van der Waals surface area contributed by atoms with E-state index >= 15 is 0 Å². The summed E-state index contributed by atoms with van der Waals surface area (Å²) in [5.74, 6) is -1.99. The zero-order valence-corrected chi connectivity index (χ0v) is 14.6. The first-order chi connectivity index (χ1) is 12.5. The number of nitrogens with one attached hydrogen (secondary N) is 1. The van der Waals surface area contributed by atoms with Gasteiger partial charge in [-0.05, 0) is 12.0 Å². The Bertz CT molecular complexity index is 630. The molecule has 0 spiro atoms. The molecule has 7 heteroatoms. The summed E-state index contributed by atoms with van der Waals surface area (Å²) in [6, 6.07) is 7.15. The van der Waals surface area contributed by atoms with Crippen molar-refractivity contribution in [3.8, 4) is 0 Å². The Morgan fingerprint density at radius 1 is 1.08 bits per heavy atom. The first-order valence-electron chi connectivity index (χ1n) is 8.11. The number of hydrogen-bond acceptors (Lipinski definition) is 6. The van der Waals surface area contributed by atoms with Gasteiger partial charge in [0.2, 0.25) is 5.91 Å². The number of rotatable bonds is 11. The van der Waals surface area contributed by atoms with Gasteiger partial charge in [0, 0.05) is 0 Å². The number of nitrogens with two attached hydrogens (primary N) is 1. The standard InChI is InChI=1S/C19H24N2O5/c1-3-10-25-17(22)13-16(19(24)26-11-4-2)21-18(23)15(20)12-14-8-6-5-7-9-14/h3-9,15-16H,1-2,10-13,20H2,(H,21,23). The minimum Gasteiger partial charge on any atom is -0.461 e. The largest absolute Gasteiger partial charge is 0.461 e. The third kappa shape index (κ3) is 7.76. The van der Waals surface area contributed by atoms with Crippen LogP contribution in [0.4, 0.5) is 0 Å². The Labute approximate surface area is 152 Å². The Balaban J connectivity index is 2.70. The molecule has 1 amide bonds. The monoisotopic (exact) mass is 360 g/mol. The van der Waals surface area contributed by atoms with Gasteiger partial charge in [-0.1, -0.05) is 55.6 Å². The molecule has 0 aromatic heterocycles. The first-order valence-corrected chi connectivity index (χ1v) is 8.11. The number of hydrogen-bond donors (Lipinski definition) is 2. The molecule has 1 aromatic rings. The second-order valence-corrected chi connectivity index (χ2v) is 5.45. The van der Waals surface area contributed by atoms with Crippen molar-refractivity contribution in [3.63, 3.8) is 0 Å². The molecule has 2 atom stereocenters. The van der Waals surface area contributed by atoms with Crippen LogP contribution < -0.4 is 11.1 Å². The van der Waals surface area contributed by atoms with Gasteiger partial charge in [0.1, 0.15) is 19.3 Å². The van der Waals surface area contributed by atoms with Crippen LogP contribution in [0, 0.1) is 0 Å². The van der Waals surface area contributed by atoms with Crippen molar-refractivity contribution in [3.05, 3.63) is 61.2 Å². The molecule has 0 aliphatic carbocycles. The van der Waals surface area contributed by atoms with E-state index in [2.05, 4.69) is 18.5 Å². The molecule has 1 rings (SSSR count). The molecular weight excluding hydrogens is 336 g/mol. The van der Waals surface area contributed by atoms with Crippen LogP contribution in [0.5, 0.6) is 0 Å². The van der Waals surface area contributed by atoms with Gasteiger partial charge >= 0.3 is 11.9 Å². The summed E-state index contributed by atoms with van der Waals surface area (Å²) >= 11 is 0. The highest BCUT2D eigenvalue weighted by atomic mass is 16.5. The molecule has 7 nitrogen and oxygen atoms in total. The number of esters is 2. The van der Waals surface area contributed by atoms with Crippen LogP contribution in [0.2, 0.25) is 0 Å². The number of benzene rings is 1. The first kappa shape index (κ1) is 21.1. The van der Waals surface area contributed by atoms with E-state index in [-0.39, 0.29) is 19.6 Å². The summed E-state index contributed by atoms with van der Waals surface area (Å²) in [6.45, 7) is 6.84. The van der Waals surface area contributed by atoms with Crippen LogP contribution in [0.3, 0.4) is 0 Å². The van der Waals surface area contributed by atoms with Crippen LogP contribution in [-0.4, -0.2) is 43.1 Å². The zero-order chi connectivity index (χ0) is 19.4. The smallest absolute Gasteiger partial charge is 0.329 e. The summed E-state index contributed by atoms with van der Waals surface area (Å²) in [6.07, 6.45) is 2.71. The molecule has 140 valence electrons. The lowest BCUT2D eigenvalue weighted by Gasteiger charge is -2.19. The summed E-state index contributed by atoms with van der Waals surface area (Å²) < 4.78 is 9.76. The minimum absolute atomic E-state index is 0.00866. The number of carbonyl (C=O) groups is 3. The summed E-state index contributed by atoms with van der Waals surface area (Å²) in [4.78, 5) is 36.1. The van der Waals surface area contributed by atoms with E-state index in [4.69, 9.17) is 15.2 Å². The third-order valence-corrected chi connectivity index (χ3v) is 3.31. The Morgan fingerprint density at radius 3 is 2.31 bits per heavy atom. The van der Waals surface area contributed by atoms with Crippen molar-refractivity contribution in [2.75, 3.05) is 13.2 Å². The van der Waals surface area contributed by atoms with Crippen LogP contribution in [0.25, 0.3) is 0 Å². The van der Waals surface area contributed by atoms with Gasteiger partial charge in [0.05, 0.1) is 12.5 Å². The van der Waals surface area contributed by atoms with E-state index in [1.54, 1.807) is 0 Å². The fraction of sp³-hybridized carbons (Fsp3) is 0.316. The lowest BCUT2D eigenvalue weighted by atomic mass is 10.1. The second kappa shape index (κ2) is 11.6. The predicted molar refractivity (Wildman–Crippen MR) is 97.0 cm³/mol. The van der Waals surface area contributed by atoms with Gasteiger partial charge in [0.15, 0.2) is 0 Å². The van der Waals surface area contributed by atoms with Crippen molar-refractivity contribution >= 4 is 17.8 Å². The second-order valence-electron chi connectivity index (χ2n) is 5.45. The highest BCUT2D eigenvalue weighted by Gasteiger charge is 2.28. The SMILES string of the molecule is C=CCOC(=O)CC(NC(=O)C(N)Cc1ccccc1)C(=O)OCC=C. The van der Waals surface area contributed by atoms with Crippen molar-refractivity contribution < 1.29 is 23.9 Å². The molecule has 2 unspecified atom stereocenters. The molecule has 0 saturated heterocycles. The molecule has 26 heavy (non-hydrogen) atoms. The van der Waals surface area contributed by atoms with E-state index in [1.807, 2.05) is 30.3 Å². The molecular formula is C19H24N2O5. The predicted octanol–water partition coefficient (Wildman–Crippen LogP) is 0.890. The quantitative estimate of drug-likeness (QED) is 0.448. The average molecular weight is 360 g/mol. The molecule has 0 aliphatic rings. The van der Waals surface area contributed by atoms with E-state index in [0.29, 0.717) is 6.42 Å². The van der Waals surface area contributed by atoms with Crippen LogP contribution >= 0.6 is 0 Å². The number of ether oxygens (including phenoxy) is 2. The zero-order valence-electron chi connectivity index (χ0n) is 14.6. The van der Waals surface area contributed by atoms with E-state index in [0.717, 1.165) is 5.56 Å². The Hall–Kier alpha value is -2.93. The van der Waals surface area contributed by atoms with Crippen molar-refractivity contribution in [2.24, 2.45) is 5.73 Å². The Morgan fingerprint density at radius 2 is 1.69 bits per heavy atom. The molecule has 0 fully saturated rings. The lowest BCUT2D eigenvalue weighted by molar-refractivity contribution is -0.152. The molecule has 0 heterocycles. The molecule has 0 radical (unpaired) electrons. The van der Waals surface area contributed by atoms with Gasteiger partial charge in [0.25, 0.3) is 0 Å². The van der Waals surface area contributed by atoms with Gasteiger partial charge in [-0.3, -0.25) is 9.59 Å². The summed E-state index contributed by atoms with van der Waals surface area (Å²) in [5.41, 5.74) is 6.78. The third-order valence-electron chi connectivity index (χ3n) is 3.31.